The van der Waals surface area contributed by atoms with Gasteiger partial charge in [-0.25, -0.2) is 9.50 Å². The summed E-state index contributed by atoms with van der Waals surface area (Å²) in [6, 6.07) is 6.58. The molecule has 2 N–H and O–H groups in total. The molecule has 1 fully saturated rings. The summed E-state index contributed by atoms with van der Waals surface area (Å²) in [4.78, 5) is 7.21. The van der Waals surface area contributed by atoms with Crippen LogP contribution in [0, 0.1) is 0 Å². The second kappa shape index (κ2) is 5.89. The minimum Gasteiger partial charge on any atom is -0.325 e. The van der Waals surface area contributed by atoms with Gasteiger partial charge in [0.1, 0.15) is 0 Å². The molecule has 0 amide bonds. The Hall–Kier alpha value is -1.46. The van der Waals surface area contributed by atoms with E-state index >= 15 is 0 Å². The highest BCUT2D eigenvalue weighted by molar-refractivity contribution is 5.38. The number of piperidine rings is 1. The van der Waals surface area contributed by atoms with E-state index in [0.717, 1.165) is 30.1 Å². The van der Waals surface area contributed by atoms with Gasteiger partial charge in [0.15, 0.2) is 11.5 Å². The minimum absolute atomic E-state index is 0.491. The predicted molar refractivity (Wildman–Crippen MR) is 79.5 cm³/mol. The molecule has 1 atom stereocenters. The van der Waals surface area contributed by atoms with Gasteiger partial charge in [-0.15, -0.1) is 0 Å². The van der Waals surface area contributed by atoms with Crippen LogP contribution in [0.1, 0.15) is 37.7 Å². The number of hydrogen-bond donors (Lipinski definition) is 1. The predicted octanol–water partition coefficient (Wildman–Crippen LogP) is 1.60. The monoisotopic (exact) mass is 273 g/mol. The molecule has 2 aromatic rings. The summed E-state index contributed by atoms with van der Waals surface area (Å²) in [6.07, 6.45) is 4.84. The lowest BCUT2D eigenvalue weighted by molar-refractivity contribution is 0.154. The number of rotatable bonds is 4. The first-order valence-corrected chi connectivity index (χ1v) is 7.59. The Labute approximate surface area is 119 Å². The van der Waals surface area contributed by atoms with Crippen LogP contribution >= 0.6 is 0 Å². The van der Waals surface area contributed by atoms with Gasteiger partial charge in [0.25, 0.3) is 0 Å². The molecular weight excluding hydrogens is 250 g/mol. The Morgan fingerprint density at radius 2 is 2.25 bits per heavy atom. The molecule has 0 aromatic carbocycles. The fourth-order valence-corrected chi connectivity index (χ4v) is 3.16. The highest BCUT2D eigenvalue weighted by atomic mass is 15.3. The van der Waals surface area contributed by atoms with E-state index in [1.54, 1.807) is 0 Å². The van der Waals surface area contributed by atoms with Gasteiger partial charge in [-0.05, 0) is 38.1 Å². The molecular formula is C15H23N5. The van der Waals surface area contributed by atoms with Gasteiger partial charge in [0, 0.05) is 19.0 Å². The smallest absolute Gasteiger partial charge is 0.155 e. The largest absolute Gasteiger partial charge is 0.325 e. The number of likely N-dealkylation sites (N-methyl/N-ethyl adjacent to an activating group) is 1. The van der Waals surface area contributed by atoms with E-state index in [1.807, 2.05) is 22.7 Å². The number of aromatic nitrogens is 3. The summed E-state index contributed by atoms with van der Waals surface area (Å²) >= 11 is 0. The maximum absolute atomic E-state index is 5.76. The van der Waals surface area contributed by atoms with Crippen molar-refractivity contribution < 1.29 is 0 Å². The van der Waals surface area contributed by atoms with Crippen LogP contribution in [0.25, 0.3) is 5.65 Å². The van der Waals surface area contributed by atoms with Crippen LogP contribution in [0.3, 0.4) is 0 Å². The Kier molecular flexibility index (Phi) is 3.98. The minimum atomic E-state index is 0.491. The van der Waals surface area contributed by atoms with Crippen molar-refractivity contribution in [1.29, 1.82) is 0 Å². The second-order valence-corrected chi connectivity index (χ2v) is 5.50. The van der Waals surface area contributed by atoms with Gasteiger partial charge in [-0.3, -0.25) is 0 Å². The topological polar surface area (TPSA) is 59.5 Å². The van der Waals surface area contributed by atoms with Crippen LogP contribution in [0.2, 0.25) is 0 Å². The number of hydrogen-bond acceptors (Lipinski definition) is 4. The number of nitrogens with two attached hydrogens (primary N) is 1. The summed E-state index contributed by atoms with van der Waals surface area (Å²) in [5.74, 6) is 0.941. The number of fused-ring (bicyclic) bond motifs is 1. The molecule has 0 saturated carbocycles. The average Bonchev–Trinajstić information content (AvgIpc) is 2.90. The molecule has 1 saturated heterocycles. The Bertz CT molecular complexity index is 577. The van der Waals surface area contributed by atoms with Gasteiger partial charge in [-0.2, -0.15) is 5.10 Å². The van der Waals surface area contributed by atoms with E-state index in [1.165, 1.54) is 25.8 Å². The molecule has 3 heterocycles. The maximum Gasteiger partial charge on any atom is 0.155 e. The number of likely N-dealkylation sites (tertiary alicyclic amines) is 1. The van der Waals surface area contributed by atoms with Crippen molar-refractivity contribution in [1.82, 2.24) is 19.5 Å². The fraction of sp³-hybridized carbons (Fsp3) is 0.600. The Morgan fingerprint density at radius 1 is 1.35 bits per heavy atom. The van der Waals surface area contributed by atoms with Gasteiger partial charge >= 0.3 is 0 Å². The lowest BCUT2D eigenvalue weighted by Crippen LogP contribution is -2.40. The quantitative estimate of drug-likeness (QED) is 0.919. The number of nitrogens with zero attached hydrogens (tertiary/aromatic N) is 4. The van der Waals surface area contributed by atoms with Crippen molar-refractivity contribution in [2.24, 2.45) is 5.73 Å². The standard InChI is InChI=1S/C15H23N5/c1-2-19-9-4-3-6-12(19)10-14-17-15-8-5-7-13(11-16)20(15)18-14/h5,7-8,12H,2-4,6,9-11,16H2,1H3. The van der Waals surface area contributed by atoms with Crippen LogP contribution < -0.4 is 5.73 Å². The molecule has 1 aliphatic heterocycles. The third-order valence-electron chi connectivity index (χ3n) is 4.26. The van der Waals surface area contributed by atoms with Crippen LogP contribution in [0.5, 0.6) is 0 Å². The Morgan fingerprint density at radius 3 is 3.05 bits per heavy atom. The summed E-state index contributed by atoms with van der Waals surface area (Å²) in [5, 5.41) is 4.65. The van der Waals surface area contributed by atoms with Crippen molar-refractivity contribution in [2.45, 2.75) is 45.2 Å². The van der Waals surface area contributed by atoms with Crippen LogP contribution in [0.15, 0.2) is 18.2 Å². The van der Waals surface area contributed by atoms with Crippen molar-refractivity contribution in [3.8, 4) is 0 Å². The van der Waals surface area contributed by atoms with Crippen LogP contribution in [0.4, 0.5) is 0 Å². The molecule has 0 aliphatic carbocycles. The zero-order valence-electron chi connectivity index (χ0n) is 12.1. The molecule has 1 unspecified atom stereocenters. The molecule has 0 bridgehead atoms. The average molecular weight is 273 g/mol. The first kappa shape index (κ1) is 13.5. The lowest BCUT2D eigenvalue weighted by atomic mass is 9.99. The molecule has 0 spiro atoms. The molecule has 5 nitrogen and oxygen atoms in total. The maximum atomic E-state index is 5.76. The van der Waals surface area contributed by atoms with Crippen molar-refractivity contribution >= 4 is 5.65 Å². The third-order valence-corrected chi connectivity index (χ3v) is 4.26. The van der Waals surface area contributed by atoms with Crippen LogP contribution in [-0.4, -0.2) is 38.6 Å². The summed E-state index contributed by atoms with van der Waals surface area (Å²) < 4.78 is 1.88. The van der Waals surface area contributed by atoms with E-state index in [2.05, 4.69) is 21.9 Å². The summed E-state index contributed by atoms with van der Waals surface area (Å²) in [7, 11) is 0. The molecule has 0 radical (unpaired) electrons. The molecule has 2 aromatic heterocycles. The van der Waals surface area contributed by atoms with Gasteiger partial charge in [0.05, 0.1) is 5.69 Å². The van der Waals surface area contributed by atoms with E-state index in [9.17, 15) is 0 Å². The van der Waals surface area contributed by atoms with E-state index in [-0.39, 0.29) is 0 Å². The van der Waals surface area contributed by atoms with Crippen molar-refractivity contribution in [2.75, 3.05) is 13.1 Å². The van der Waals surface area contributed by atoms with E-state index in [4.69, 9.17) is 5.73 Å². The summed E-state index contributed by atoms with van der Waals surface area (Å²) in [6.45, 7) is 5.06. The van der Waals surface area contributed by atoms with E-state index in [0.29, 0.717) is 12.6 Å². The lowest BCUT2D eigenvalue weighted by Gasteiger charge is -2.34. The first-order valence-electron chi connectivity index (χ1n) is 7.59. The fourth-order valence-electron chi connectivity index (χ4n) is 3.16. The highest BCUT2D eigenvalue weighted by Gasteiger charge is 2.22. The molecule has 20 heavy (non-hydrogen) atoms. The Balaban J connectivity index is 1.83. The van der Waals surface area contributed by atoms with Gasteiger partial charge in [-0.1, -0.05) is 19.4 Å². The normalized spacial score (nSPS) is 20.6. The zero-order valence-corrected chi connectivity index (χ0v) is 12.1. The van der Waals surface area contributed by atoms with Gasteiger partial charge in [0.2, 0.25) is 0 Å². The zero-order chi connectivity index (χ0) is 13.9. The van der Waals surface area contributed by atoms with Gasteiger partial charge < -0.3 is 10.6 Å². The van der Waals surface area contributed by atoms with Crippen molar-refractivity contribution in [3.05, 3.63) is 29.7 Å². The first-order chi connectivity index (χ1) is 9.81. The molecule has 1 aliphatic rings. The SMILES string of the molecule is CCN1CCCCC1Cc1nc2cccc(CN)n2n1. The van der Waals surface area contributed by atoms with E-state index < -0.39 is 0 Å². The second-order valence-electron chi connectivity index (χ2n) is 5.50. The summed E-state index contributed by atoms with van der Waals surface area (Å²) in [5.41, 5.74) is 7.67. The van der Waals surface area contributed by atoms with Crippen molar-refractivity contribution in [3.63, 3.8) is 0 Å². The molecule has 108 valence electrons. The van der Waals surface area contributed by atoms with Crippen LogP contribution in [-0.2, 0) is 13.0 Å². The number of pyridine rings is 1. The molecule has 3 rings (SSSR count). The molecule has 5 heteroatoms. The highest BCUT2D eigenvalue weighted by Crippen LogP contribution is 2.19. The third kappa shape index (κ3) is 2.55.